The van der Waals surface area contributed by atoms with E-state index in [4.69, 9.17) is 4.74 Å². The maximum Gasteiger partial charge on any atom is 0.122 e. The number of nitrogens with zero attached hydrogens (tertiary/aromatic N) is 1. The van der Waals surface area contributed by atoms with Gasteiger partial charge in [0.05, 0.1) is 7.11 Å². The number of benzene rings is 1. The molecule has 0 aromatic heterocycles. The van der Waals surface area contributed by atoms with Crippen LogP contribution in [0.3, 0.4) is 0 Å². The first-order valence-corrected chi connectivity index (χ1v) is 5.86. The molecule has 0 aliphatic rings. The van der Waals surface area contributed by atoms with Gasteiger partial charge in [-0.1, -0.05) is 26.0 Å². The molecule has 0 atom stereocenters. The monoisotopic (exact) mass is 221 g/mol. The first kappa shape index (κ1) is 13.0. The largest absolute Gasteiger partial charge is 0.496 e. The van der Waals surface area contributed by atoms with Crippen LogP contribution in [0.15, 0.2) is 18.2 Å². The van der Waals surface area contributed by atoms with Crippen molar-refractivity contribution in [1.82, 2.24) is 4.90 Å². The Morgan fingerprint density at radius 1 is 1.25 bits per heavy atom. The minimum atomic E-state index is 0.509. The molecule has 0 aliphatic carbocycles. The minimum absolute atomic E-state index is 0.509. The summed E-state index contributed by atoms with van der Waals surface area (Å²) < 4.78 is 5.38. The number of ether oxygens (including phenoxy) is 1. The highest BCUT2D eigenvalue weighted by atomic mass is 16.5. The second kappa shape index (κ2) is 5.90. The lowest BCUT2D eigenvalue weighted by atomic mass is 9.98. The lowest BCUT2D eigenvalue weighted by molar-refractivity contribution is 0.405. The van der Waals surface area contributed by atoms with Gasteiger partial charge in [-0.05, 0) is 43.6 Å². The summed E-state index contributed by atoms with van der Waals surface area (Å²) >= 11 is 0. The predicted molar refractivity (Wildman–Crippen MR) is 69.3 cm³/mol. The Morgan fingerprint density at radius 2 is 1.94 bits per heavy atom. The molecule has 1 aromatic rings. The molecule has 0 amide bonds. The Labute approximate surface area is 99.2 Å². The van der Waals surface area contributed by atoms with E-state index in [1.807, 2.05) is 0 Å². The van der Waals surface area contributed by atoms with Crippen molar-refractivity contribution in [2.24, 2.45) is 0 Å². The average molecular weight is 221 g/mol. The molecule has 0 spiro atoms. The second-order valence-electron chi connectivity index (χ2n) is 4.78. The second-order valence-corrected chi connectivity index (χ2v) is 4.78. The van der Waals surface area contributed by atoms with E-state index >= 15 is 0 Å². The van der Waals surface area contributed by atoms with E-state index in [1.165, 1.54) is 11.1 Å². The third-order valence-corrected chi connectivity index (χ3v) is 2.76. The summed E-state index contributed by atoms with van der Waals surface area (Å²) in [5, 5.41) is 0. The van der Waals surface area contributed by atoms with Crippen LogP contribution in [-0.2, 0) is 6.42 Å². The fraction of sp³-hybridized carbons (Fsp3) is 0.571. The SMILES string of the molecule is COc1ccc(CCN(C)C)cc1C(C)C. The molecule has 90 valence electrons. The Kier molecular flexibility index (Phi) is 4.81. The van der Waals surface area contributed by atoms with Gasteiger partial charge in [0.15, 0.2) is 0 Å². The molecule has 1 aromatic carbocycles. The molecule has 2 heteroatoms. The van der Waals surface area contributed by atoms with Crippen molar-refractivity contribution >= 4 is 0 Å². The highest BCUT2D eigenvalue weighted by molar-refractivity contribution is 5.39. The summed E-state index contributed by atoms with van der Waals surface area (Å²) in [6.07, 6.45) is 1.09. The van der Waals surface area contributed by atoms with Crippen LogP contribution in [0, 0.1) is 0 Å². The number of hydrogen-bond acceptors (Lipinski definition) is 2. The molecule has 0 saturated heterocycles. The Hall–Kier alpha value is -1.02. The van der Waals surface area contributed by atoms with E-state index in [9.17, 15) is 0 Å². The molecule has 0 bridgehead atoms. The third kappa shape index (κ3) is 3.53. The van der Waals surface area contributed by atoms with Gasteiger partial charge in [-0.3, -0.25) is 0 Å². The van der Waals surface area contributed by atoms with Crippen LogP contribution < -0.4 is 4.74 Å². The maximum atomic E-state index is 5.38. The third-order valence-electron chi connectivity index (χ3n) is 2.76. The Balaban J connectivity index is 2.85. The standard InChI is InChI=1S/C14H23NO/c1-11(2)13-10-12(8-9-15(3)4)6-7-14(13)16-5/h6-7,10-11H,8-9H2,1-5H3. The predicted octanol–water partition coefficient (Wildman–Crippen LogP) is 2.92. The molecule has 0 N–H and O–H groups in total. The lowest BCUT2D eigenvalue weighted by Gasteiger charge is -2.15. The Bertz CT molecular complexity index is 332. The van der Waals surface area contributed by atoms with Gasteiger partial charge >= 0.3 is 0 Å². The number of methoxy groups -OCH3 is 1. The first-order chi connectivity index (χ1) is 7.54. The number of hydrogen-bond donors (Lipinski definition) is 0. The average Bonchev–Trinajstić information content (AvgIpc) is 2.25. The zero-order valence-corrected chi connectivity index (χ0v) is 11.1. The fourth-order valence-electron chi connectivity index (χ4n) is 1.74. The number of likely N-dealkylation sites (N-methyl/N-ethyl adjacent to an activating group) is 1. The van der Waals surface area contributed by atoms with Crippen molar-refractivity contribution in [2.45, 2.75) is 26.2 Å². The van der Waals surface area contributed by atoms with Crippen molar-refractivity contribution < 1.29 is 4.74 Å². The van der Waals surface area contributed by atoms with Gasteiger partial charge in [0.1, 0.15) is 5.75 Å². The summed E-state index contributed by atoms with van der Waals surface area (Å²) in [5.74, 6) is 1.51. The van der Waals surface area contributed by atoms with Gasteiger partial charge in [-0.25, -0.2) is 0 Å². The van der Waals surface area contributed by atoms with E-state index in [1.54, 1.807) is 7.11 Å². The number of rotatable bonds is 5. The van der Waals surface area contributed by atoms with Crippen molar-refractivity contribution in [3.63, 3.8) is 0 Å². The van der Waals surface area contributed by atoms with E-state index in [0.29, 0.717) is 5.92 Å². The summed E-state index contributed by atoms with van der Waals surface area (Å²) in [6.45, 7) is 5.49. The molecule has 0 fully saturated rings. The van der Waals surface area contributed by atoms with Crippen molar-refractivity contribution in [3.05, 3.63) is 29.3 Å². The van der Waals surface area contributed by atoms with Gasteiger partial charge in [0, 0.05) is 6.54 Å². The molecular formula is C14H23NO. The molecule has 0 heterocycles. The van der Waals surface area contributed by atoms with Gasteiger partial charge in [0.25, 0.3) is 0 Å². The van der Waals surface area contributed by atoms with Crippen LogP contribution in [-0.4, -0.2) is 32.6 Å². The highest BCUT2D eigenvalue weighted by Crippen LogP contribution is 2.27. The van der Waals surface area contributed by atoms with Crippen molar-refractivity contribution in [3.8, 4) is 5.75 Å². The Morgan fingerprint density at radius 3 is 2.44 bits per heavy atom. The molecule has 0 unspecified atom stereocenters. The van der Waals surface area contributed by atoms with E-state index in [0.717, 1.165) is 18.7 Å². The summed E-state index contributed by atoms with van der Waals surface area (Å²) in [5.41, 5.74) is 2.69. The first-order valence-electron chi connectivity index (χ1n) is 5.86. The fourth-order valence-corrected chi connectivity index (χ4v) is 1.74. The van der Waals surface area contributed by atoms with Crippen LogP contribution in [0.2, 0.25) is 0 Å². The van der Waals surface area contributed by atoms with Crippen molar-refractivity contribution in [1.29, 1.82) is 0 Å². The quantitative estimate of drug-likeness (QED) is 0.758. The van der Waals surface area contributed by atoms with Crippen LogP contribution in [0.1, 0.15) is 30.9 Å². The van der Waals surface area contributed by atoms with Gasteiger partial charge in [-0.2, -0.15) is 0 Å². The highest BCUT2D eigenvalue weighted by Gasteiger charge is 2.08. The molecular weight excluding hydrogens is 198 g/mol. The topological polar surface area (TPSA) is 12.5 Å². The van der Waals surface area contributed by atoms with Gasteiger partial charge in [0.2, 0.25) is 0 Å². The maximum absolute atomic E-state index is 5.38. The zero-order valence-electron chi connectivity index (χ0n) is 11.1. The van der Waals surface area contributed by atoms with E-state index < -0.39 is 0 Å². The van der Waals surface area contributed by atoms with Crippen LogP contribution in [0.25, 0.3) is 0 Å². The molecule has 0 aliphatic heterocycles. The summed E-state index contributed by atoms with van der Waals surface area (Å²) in [7, 11) is 5.94. The minimum Gasteiger partial charge on any atom is -0.496 e. The van der Waals surface area contributed by atoms with Crippen LogP contribution >= 0.6 is 0 Å². The van der Waals surface area contributed by atoms with Crippen LogP contribution in [0.4, 0.5) is 0 Å². The molecule has 1 rings (SSSR count). The summed E-state index contributed by atoms with van der Waals surface area (Å²) in [4.78, 5) is 2.21. The normalized spacial score (nSPS) is 11.2. The van der Waals surface area contributed by atoms with E-state index in [-0.39, 0.29) is 0 Å². The smallest absolute Gasteiger partial charge is 0.122 e. The molecule has 2 nitrogen and oxygen atoms in total. The zero-order chi connectivity index (χ0) is 12.1. The van der Waals surface area contributed by atoms with Gasteiger partial charge in [-0.15, -0.1) is 0 Å². The molecule has 0 radical (unpaired) electrons. The molecule has 16 heavy (non-hydrogen) atoms. The lowest BCUT2D eigenvalue weighted by Crippen LogP contribution is -2.15. The summed E-state index contributed by atoms with van der Waals surface area (Å²) in [6, 6.07) is 6.52. The van der Waals surface area contributed by atoms with Gasteiger partial charge < -0.3 is 9.64 Å². The molecule has 0 saturated carbocycles. The van der Waals surface area contributed by atoms with Crippen LogP contribution in [0.5, 0.6) is 5.75 Å². The van der Waals surface area contributed by atoms with E-state index in [2.05, 4.69) is 51.0 Å². The van der Waals surface area contributed by atoms with Crippen molar-refractivity contribution in [2.75, 3.05) is 27.7 Å².